The lowest BCUT2D eigenvalue weighted by atomic mass is 9.67. The minimum absolute atomic E-state index is 0.0542. The molecule has 154 valence electrons. The molecule has 4 heterocycles. The number of nitrogens with zero attached hydrogens (tertiary/aromatic N) is 4. The summed E-state index contributed by atoms with van der Waals surface area (Å²) in [6, 6.07) is 5.54. The molecule has 0 spiro atoms. The van der Waals surface area contributed by atoms with Gasteiger partial charge in [-0.05, 0) is 50.6 Å². The van der Waals surface area contributed by atoms with Crippen molar-refractivity contribution in [2.75, 3.05) is 26.7 Å². The minimum atomic E-state index is -0.531. The first-order valence-electron chi connectivity index (χ1n) is 10.2. The van der Waals surface area contributed by atoms with E-state index in [9.17, 15) is 9.59 Å². The average molecular weight is 396 g/mol. The number of hydrogen-bond acceptors (Lipinski definition) is 5. The summed E-state index contributed by atoms with van der Waals surface area (Å²) in [4.78, 5) is 34.8. The molecule has 2 aliphatic heterocycles. The highest BCUT2D eigenvalue weighted by Gasteiger charge is 2.53. The van der Waals surface area contributed by atoms with Crippen LogP contribution in [0, 0.1) is 5.41 Å². The van der Waals surface area contributed by atoms with E-state index in [-0.39, 0.29) is 24.3 Å². The molecule has 2 atom stereocenters. The molecule has 2 aromatic heterocycles. The number of hydrogen-bond donors (Lipinski definition) is 2. The van der Waals surface area contributed by atoms with Crippen molar-refractivity contribution >= 4 is 11.8 Å². The second kappa shape index (κ2) is 8.32. The lowest BCUT2D eigenvalue weighted by Crippen LogP contribution is -2.66. The van der Waals surface area contributed by atoms with Gasteiger partial charge in [-0.3, -0.25) is 19.7 Å². The van der Waals surface area contributed by atoms with E-state index in [1.165, 1.54) is 0 Å². The van der Waals surface area contributed by atoms with Crippen LogP contribution in [0.3, 0.4) is 0 Å². The fourth-order valence-corrected chi connectivity index (χ4v) is 4.71. The normalized spacial score (nSPS) is 24.7. The van der Waals surface area contributed by atoms with Gasteiger partial charge in [0.25, 0.3) is 0 Å². The van der Waals surface area contributed by atoms with Crippen LogP contribution in [0.25, 0.3) is 0 Å². The fourth-order valence-electron chi connectivity index (χ4n) is 4.71. The van der Waals surface area contributed by atoms with Gasteiger partial charge in [0.05, 0.1) is 17.9 Å². The first-order chi connectivity index (χ1) is 14.1. The number of carbonyl (C=O) groups is 2. The van der Waals surface area contributed by atoms with Gasteiger partial charge in [-0.1, -0.05) is 6.07 Å². The van der Waals surface area contributed by atoms with Gasteiger partial charge in [-0.25, -0.2) is 0 Å². The second-order valence-corrected chi connectivity index (χ2v) is 8.18. The molecule has 2 aromatic rings. The number of likely N-dealkylation sites (tertiary alicyclic amines) is 2. The highest BCUT2D eigenvalue weighted by atomic mass is 16.2. The lowest BCUT2D eigenvalue weighted by molar-refractivity contribution is -0.153. The standard InChI is InChI=1S/C21H28N6O2/c1-26-11-7-21(20(29)23-14-16-4-2-8-22-13-16)6-3-10-27(18(21)15-26)19(28)12-17-5-9-24-25-17/h2,4-5,8-9,13,18H,3,6-7,10-12,14-15H2,1H3,(H,23,29)(H,24,25)/t18-,21+/m0/s1. The molecule has 2 aliphatic rings. The van der Waals surface area contributed by atoms with E-state index in [1.807, 2.05) is 23.1 Å². The second-order valence-electron chi connectivity index (χ2n) is 8.18. The molecule has 8 nitrogen and oxygen atoms in total. The number of rotatable bonds is 5. The van der Waals surface area contributed by atoms with Gasteiger partial charge in [0.1, 0.15) is 0 Å². The van der Waals surface area contributed by atoms with Crippen molar-refractivity contribution in [3.63, 3.8) is 0 Å². The van der Waals surface area contributed by atoms with Crippen molar-refractivity contribution in [2.45, 2.75) is 38.3 Å². The maximum Gasteiger partial charge on any atom is 0.228 e. The first-order valence-corrected chi connectivity index (χ1v) is 10.2. The third kappa shape index (κ3) is 4.03. The summed E-state index contributed by atoms with van der Waals surface area (Å²) in [5.41, 5.74) is 1.25. The Morgan fingerprint density at radius 2 is 2.17 bits per heavy atom. The SMILES string of the molecule is CN1CC[C@]2(C(=O)NCc3cccnc3)CCCN(C(=O)Cc3ccn[nH]3)[C@H]2C1. The van der Waals surface area contributed by atoms with Crippen LogP contribution >= 0.6 is 0 Å². The predicted molar refractivity (Wildman–Crippen MR) is 108 cm³/mol. The Labute approximate surface area is 170 Å². The Kier molecular flexibility index (Phi) is 5.62. The van der Waals surface area contributed by atoms with Crippen molar-refractivity contribution in [2.24, 2.45) is 5.41 Å². The predicted octanol–water partition coefficient (Wildman–Crippen LogP) is 0.976. The number of likely N-dealkylation sites (N-methyl/N-ethyl adjacent to an activating group) is 1. The van der Waals surface area contributed by atoms with Gasteiger partial charge >= 0.3 is 0 Å². The third-order valence-corrected chi connectivity index (χ3v) is 6.31. The van der Waals surface area contributed by atoms with E-state index in [2.05, 4.69) is 32.4 Å². The van der Waals surface area contributed by atoms with E-state index in [1.54, 1.807) is 18.6 Å². The molecular weight excluding hydrogens is 368 g/mol. The largest absolute Gasteiger partial charge is 0.351 e. The number of amides is 2. The highest BCUT2D eigenvalue weighted by Crippen LogP contribution is 2.42. The lowest BCUT2D eigenvalue weighted by Gasteiger charge is -2.53. The first kappa shape index (κ1) is 19.6. The summed E-state index contributed by atoms with van der Waals surface area (Å²) in [7, 11) is 2.06. The Morgan fingerprint density at radius 1 is 1.28 bits per heavy atom. The Hall–Kier alpha value is -2.74. The van der Waals surface area contributed by atoms with Crippen LogP contribution in [-0.2, 0) is 22.6 Å². The molecule has 0 bridgehead atoms. The van der Waals surface area contributed by atoms with Crippen LogP contribution in [-0.4, -0.2) is 69.5 Å². The van der Waals surface area contributed by atoms with Crippen LogP contribution in [0.4, 0.5) is 0 Å². The van der Waals surface area contributed by atoms with E-state index in [4.69, 9.17) is 0 Å². The van der Waals surface area contributed by atoms with Crippen molar-refractivity contribution in [1.82, 2.24) is 30.3 Å². The maximum absolute atomic E-state index is 13.4. The van der Waals surface area contributed by atoms with Gasteiger partial charge in [-0.15, -0.1) is 0 Å². The van der Waals surface area contributed by atoms with Crippen molar-refractivity contribution < 1.29 is 9.59 Å². The van der Waals surface area contributed by atoms with Crippen molar-refractivity contribution in [1.29, 1.82) is 0 Å². The van der Waals surface area contributed by atoms with Gasteiger partial charge in [-0.2, -0.15) is 5.10 Å². The zero-order chi connectivity index (χ0) is 20.3. The quantitative estimate of drug-likeness (QED) is 0.786. The molecule has 29 heavy (non-hydrogen) atoms. The molecule has 2 saturated heterocycles. The fraction of sp³-hybridized carbons (Fsp3) is 0.524. The van der Waals surface area contributed by atoms with Gasteiger partial charge in [0.15, 0.2) is 0 Å². The molecule has 2 fully saturated rings. The number of aromatic amines is 1. The van der Waals surface area contributed by atoms with Crippen LogP contribution in [0.15, 0.2) is 36.8 Å². The summed E-state index contributed by atoms with van der Waals surface area (Å²) in [5, 5.41) is 9.93. The van der Waals surface area contributed by atoms with Gasteiger partial charge in [0, 0.05) is 43.9 Å². The van der Waals surface area contributed by atoms with Gasteiger partial charge < -0.3 is 15.1 Å². The zero-order valence-corrected chi connectivity index (χ0v) is 16.8. The monoisotopic (exact) mass is 396 g/mol. The molecule has 4 rings (SSSR count). The van der Waals surface area contributed by atoms with Crippen molar-refractivity contribution in [3.8, 4) is 0 Å². The minimum Gasteiger partial charge on any atom is -0.351 e. The number of carbonyl (C=O) groups excluding carboxylic acids is 2. The number of pyridine rings is 1. The Morgan fingerprint density at radius 3 is 2.93 bits per heavy atom. The molecule has 0 aliphatic carbocycles. The number of H-pyrrole nitrogens is 1. The van der Waals surface area contributed by atoms with Crippen LogP contribution in [0.5, 0.6) is 0 Å². The smallest absolute Gasteiger partial charge is 0.228 e. The Bertz CT molecular complexity index is 840. The molecule has 0 unspecified atom stereocenters. The molecule has 0 aromatic carbocycles. The van der Waals surface area contributed by atoms with Crippen LogP contribution < -0.4 is 5.32 Å². The summed E-state index contributed by atoms with van der Waals surface area (Å²) in [6.07, 6.45) is 7.86. The van der Waals surface area contributed by atoms with E-state index >= 15 is 0 Å². The number of nitrogens with one attached hydrogen (secondary N) is 2. The number of aromatic nitrogens is 3. The number of fused-ring (bicyclic) bond motifs is 1. The topological polar surface area (TPSA) is 94.2 Å². The van der Waals surface area contributed by atoms with E-state index in [0.717, 1.165) is 43.6 Å². The summed E-state index contributed by atoms with van der Waals surface area (Å²) in [5.74, 6) is 0.108. The average Bonchev–Trinajstić information content (AvgIpc) is 3.25. The van der Waals surface area contributed by atoms with Crippen molar-refractivity contribution in [3.05, 3.63) is 48.0 Å². The molecule has 2 N–H and O–H groups in total. The molecule has 0 radical (unpaired) electrons. The molecule has 8 heteroatoms. The number of piperidine rings is 2. The van der Waals surface area contributed by atoms with Gasteiger partial charge in [0.2, 0.25) is 11.8 Å². The molecule has 0 saturated carbocycles. The summed E-state index contributed by atoms with van der Waals surface area (Å²) >= 11 is 0. The molecule has 2 amide bonds. The highest BCUT2D eigenvalue weighted by molar-refractivity contribution is 5.86. The summed E-state index contributed by atoms with van der Waals surface area (Å²) < 4.78 is 0. The third-order valence-electron chi connectivity index (χ3n) is 6.31. The summed E-state index contributed by atoms with van der Waals surface area (Å²) in [6.45, 7) is 2.73. The maximum atomic E-state index is 13.4. The Balaban J connectivity index is 1.52. The molecular formula is C21H28N6O2. The van der Waals surface area contributed by atoms with E-state index < -0.39 is 5.41 Å². The van der Waals surface area contributed by atoms with E-state index in [0.29, 0.717) is 13.1 Å². The zero-order valence-electron chi connectivity index (χ0n) is 16.8. The van der Waals surface area contributed by atoms with Crippen LogP contribution in [0.2, 0.25) is 0 Å². The van der Waals surface area contributed by atoms with Crippen LogP contribution in [0.1, 0.15) is 30.5 Å².